The first-order valence-corrected chi connectivity index (χ1v) is 12.0. The number of nitrogens with zero attached hydrogens (tertiary/aromatic N) is 3. The number of likely N-dealkylation sites (tertiary alicyclic amines) is 1. The fourth-order valence-electron chi connectivity index (χ4n) is 4.17. The Morgan fingerprint density at radius 3 is 2.33 bits per heavy atom. The van der Waals surface area contributed by atoms with Gasteiger partial charge in [0.2, 0.25) is 11.8 Å². The summed E-state index contributed by atoms with van der Waals surface area (Å²) in [5, 5.41) is 11.5. The van der Waals surface area contributed by atoms with E-state index in [0.717, 1.165) is 18.2 Å². The van der Waals surface area contributed by atoms with E-state index in [9.17, 15) is 32.9 Å². The predicted octanol–water partition coefficient (Wildman–Crippen LogP) is 5.31. The molecule has 0 saturated carbocycles. The van der Waals surface area contributed by atoms with Crippen LogP contribution in [-0.2, 0) is 11.0 Å². The Morgan fingerprint density at radius 2 is 1.75 bits per heavy atom. The van der Waals surface area contributed by atoms with E-state index < -0.39 is 28.5 Å². The Balaban J connectivity index is 0.000000285. The molecule has 208 valence electrons. The van der Waals surface area contributed by atoms with Gasteiger partial charge in [0.15, 0.2) is 0 Å². The number of carbonyl (C=O) groups is 2. The van der Waals surface area contributed by atoms with Crippen LogP contribution in [0.15, 0.2) is 95.6 Å². The van der Waals surface area contributed by atoms with Crippen LogP contribution in [0, 0.1) is 10.1 Å². The molecule has 1 aliphatic heterocycles. The molecule has 2 amide bonds. The lowest BCUT2D eigenvalue weighted by molar-refractivity contribution is -0.385. The van der Waals surface area contributed by atoms with E-state index >= 15 is 0 Å². The minimum absolute atomic E-state index is 0.0290. The van der Waals surface area contributed by atoms with Gasteiger partial charge in [-0.15, -0.1) is 0 Å². The number of rotatable bonds is 5. The highest BCUT2D eigenvalue weighted by molar-refractivity contribution is 6.12. The molecule has 1 saturated heterocycles. The minimum atomic E-state index is -4.44. The molecule has 1 atom stereocenters. The summed E-state index contributed by atoms with van der Waals surface area (Å²) in [6, 6.07) is 19.7. The molecule has 0 aromatic heterocycles. The highest BCUT2D eigenvalue weighted by atomic mass is 19.4. The summed E-state index contributed by atoms with van der Waals surface area (Å²) in [7, 11) is 0. The van der Waals surface area contributed by atoms with E-state index in [1.54, 1.807) is 23.1 Å². The Kier molecular flexibility index (Phi) is 9.38. The third kappa shape index (κ3) is 6.90. The number of para-hydroxylation sites is 2. The topological polar surface area (TPSA) is 145 Å². The molecule has 4 rings (SSSR count). The van der Waals surface area contributed by atoms with Crippen molar-refractivity contribution in [2.24, 2.45) is 16.5 Å². The van der Waals surface area contributed by atoms with Gasteiger partial charge >= 0.3 is 6.18 Å². The van der Waals surface area contributed by atoms with E-state index in [2.05, 4.69) is 4.99 Å². The Bertz CT molecular complexity index is 1460. The van der Waals surface area contributed by atoms with E-state index in [0.29, 0.717) is 29.2 Å². The molecule has 1 unspecified atom stereocenters. The fraction of sp³-hybridized carbons (Fsp3) is 0.179. The number of halogens is 3. The van der Waals surface area contributed by atoms with Crippen LogP contribution in [0.5, 0.6) is 0 Å². The van der Waals surface area contributed by atoms with E-state index in [-0.39, 0.29) is 23.6 Å². The van der Waals surface area contributed by atoms with E-state index in [1.807, 2.05) is 37.3 Å². The number of amidine groups is 1. The summed E-state index contributed by atoms with van der Waals surface area (Å²) < 4.78 is 36.2. The number of amides is 2. The average molecular weight is 554 g/mol. The number of hydrogen-bond donors (Lipinski definition) is 2. The molecule has 0 bridgehead atoms. The van der Waals surface area contributed by atoms with Gasteiger partial charge in [0.05, 0.1) is 16.2 Å². The first-order valence-electron chi connectivity index (χ1n) is 12.0. The molecule has 0 aliphatic carbocycles. The number of nitro groups is 1. The number of nitro benzene ring substituents is 1. The summed E-state index contributed by atoms with van der Waals surface area (Å²) in [4.78, 5) is 40.5. The largest absolute Gasteiger partial charge is 0.416 e. The maximum atomic E-state index is 12.8. The SMILES string of the molecule is CCN1C(=O)CC(c2ccccc2[N+](=O)[O-])/C(=C/N)C1=Nc1ccccc1.NC(=O)c1cccc(C(F)(F)F)c1. The molecular weight excluding hydrogens is 527 g/mol. The van der Waals surface area contributed by atoms with Crippen molar-refractivity contribution >= 4 is 29.0 Å². The maximum Gasteiger partial charge on any atom is 0.416 e. The van der Waals surface area contributed by atoms with Crippen LogP contribution in [-0.4, -0.2) is 34.0 Å². The van der Waals surface area contributed by atoms with Crippen LogP contribution in [0.2, 0.25) is 0 Å². The lowest BCUT2D eigenvalue weighted by Gasteiger charge is -2.34. The van der Waals surface area contributed by atoms with Crippen molar-refractivity contribution in [2.45, 2.75) is 25.4 Å². The molecule has 1 heterocycles. The Labute approximate surface area is 227 Å². The normalized spacial score (nSPS) is 17.4. The second-order valence-corrected chi connectivity index (χ2v) is 8.55. The van der Waals surface area contributed by atoms with Crippen molar-refractivity contribution in [1.29, 1.82) is 0 Å². The summed E-state index contributed by atoms with van der Waals surface area (Å²) >= 11 is 0. The molecule has 0 spiro atoms. The zero-order valence-corrected chi connectivity index (χ0v) is 21.3. The van der Waals surface area contributed by atoms with Crippen molar-refractivity contribution in [1.82, 2.24) is 4.90 Å². The molecule has 3 aromatic carbocycles. The van der Waals surface area contributed by atoms with Crippen molar-refractivity contribution in [3.63, 3.8) is 0 Å². The molecule has 3 aromatic rings. The van der Waals surface area contributed by atoms with Crippen molar-refractivity contribution in [3.8, 4) is 0 Å². The molecule has 1 fully saturated rings. The van der Waals surface area contributed by atoms with Gasteiger partial charge < -0.3 is 11.5 Å². The van der Waals surface area contributed by atoms with Crippen LogP contribution < -0.4 is 11.5 Å². The predicted molar refractivity (Wildman–Crippen MR) is 144 cm³/mol. The van der Waals surface area contributed by atoms with Gasteiger partial charge in [0.1, 0.15) is 5.84 Å². The van der Waals surface area contributed by atoms with Crippen molar-refractivity contribution in [2.75, 3.05) is 6.54 Å². The van der Waals surface area contributed by atoms with Gasteiger partial charge in [-0.25, -0.2) is 4.99 Å². The summed E-state index contributed by atoms with van der Waals surface area (Å²) in [6.07, 6.45) is -2.93. The summed E-state index contributed by atoms with van der Waals surface area (Å²) in [6.45, 7) is 2.29. The third-order valence-electron chi connectivity index (χ3n) is 6.04. The van der Waals surface area contributed by atoms with Gasteiger partial charge in [-0.05, 0) is 37.3 Å². The van der Waals surface area contributed by atoms with Crippen LogP contribution in [0.3, 0.4) is 0 Å². The van der Waals surface area contributed by atoms with Crippen molar-refractivity contribution in [3.05, 3.63) is 117 Å². The lowest BCUT2D eigenvalue weighted by atomic mass is 9.83. The zero-order chi connectivity index (χ0) is 29.4. The number of benzene rings is 3. The van der Waals surface area contributed by atoms with Gasteiger partial charge in [0.25, 0.3) is 5.69 Å². The van der Waals surface area contributed by atoms with E-state index in [1.165, 1.54) is 18.3 Å². The van der Waals surface area contributed by atoms with E-state index in [4.69, 9.17) is 11.5 Å². The number of primary amides is 1. The molecule has 9 nitrogen and oxygen atoms in total. The number of likely N-dealkylation sites (N-methyl/N-ethyl adjacent to an activating group) is 1. The third-order valence-corrected chi connectivity index (χ3v) is 6.04. The Hall–Kier alpha value is -5.00. The average Bonchev–Trinajstić information content (AvgIpc) is 2.93. The zero-order valence-electron chi connectivity index (χ0n) is 21.3. The number of aliphatic imine (C=N–C) groups is 1. The molecule has 0 radical (unpaired) electrons. The molecule has 4 N–H and O–H groups in total. The first kappa shape index (κ1) is 29.6. The number of alkyl halides is 3. The lowest BCUT2D eigenvalue weighted by Crippen LogP contribution is -2.44. The minimum Gasteiger partial charge on any atom is -0.404 e. The van der Waals surface area contributed by atoms with Gasteiger partial charge in [-0.1, -0.05) is 42.5 Å². The summed E-state index contributed by atoms with van der Waals surface area (Å²) in [5.74, 6) is -1.09. The van der Waals surface area contributed by atoms with Gasteiger partial charge in [0, 0.05) is 47.8 Å². The molecule has 40 heavy (non-hydrogen) atoms. The standard InChI is InChI=1S/C20H20N4O3.C8H6F3NO/c1-2-23-19(25)12-16(15-10-6-7-11-18(15)24(26)27)17(13-21)20(23)22-14-8-4-3-5-9-14;9-8(10,11)6-3-1-2-5(4-6)7(12)13/h3-11,13,16H,2,12,21H2,1H3;1-4H,(H2,12,13)/b17-13-,22-20?;. The Morgan fingerprint density at radius 1 is 1.10 bits per heavy atom. The van der Waals surface area contributed by atoms with Gasteiger partial charge in [-0.3, -0.25) is 24.6 Å². The van der Waals surface area contributed by atoms with Crippen LogP contribution in [0.1, 0.15) is 40.7 Å². The number of carbonyl (C=O) groups excluding carboxylic acids is 2. The second kappa shape index (κ2) is 12.7. The fourth-order valence-corrected chi connectivity index (χ4v) is 4.17. The van der Waals surface area contributed by atoms with Crippen molar-refractivity contribution < 1.29 is 27.7 Å². The highest BCUT2D eigenvalue weighted by Gasteiger charge is 2.38. The molecule has 1 aliphatic rings. The van der Waals surface area contributed by atoms with Crippen LogP contribution in [0.4, 0.5) is 24.5 Å². The monoisotopic (exact) mass is 553 g/mol. The number of hydrogen-bond acceptors (Lipinski definition) is 6. The van der Waals surface area contributed by atoms with Crippen LogP contribution in [0.25, 0.3) is 0 Å². The van der Waals surface area contributed by atoms with Crippen LogP contribution >= 0.6 is 0 Å². The number of piperidine rings is 1. The molecule has 12 heteroatoms. The smallest absolute Gasteiger partial charge is 0.404 e. The highest BCUT2D eigenvalue weighted by Crippen LogP contribution is 2.39. The second-order valence-electron chi connectivity index (χ2n) is 8.55. The number of nitrogens with two attached hydrogens (primary N) is 2. The quantitative estimate of drug-likeness (QED) is 0.325. The first-order chi connectivity index (χ1) is 19.0. The molecular formula is C28H26F3N5O4. The maximum absolute atomic E-state index is 12.8. The summed E-state index contributed by atoms with van der Waals surface area (Å²) in [5.41, 5.74) is 11.4. The van der Waals surface area contributed by atoms with Gasteiger partial charge in [-0.2, -0.15) is 13.2 Å².